The third-order valence-corrected chi connectivity index (χ3v) is 6.86. The lowest BCUT2D eigenvalue weighted by Crippen LogP contribution is -2.36. The molecule has 0 amide bonds. The minimum atomic E-state index is -1.27. The summed E-state index contributed by atoms with van der Waals surface area (Å²) in [4.78, 5) is 54.2. The summed E-state index contributed by atoms with van der Waals surface area (Å²) in [6, 6.07) is 33.8. The summed E-state index contributed by atoms with van der Waals surface area (Å²) in [6.45, 7) is 0. The van der Waals surface area contributed by atoms with Gasteiger partial charge in [-0.3, -0.25) is 19.2 Å². The van der Waals surface area contributed by atoms with E-state index in [1.807, 2.05) is 0 Å². The van der Waals surface area contributed by atoms with Crippen molar-refractivity contribution >= 4 is 34.9 Å². The number of benzene rings is 4. The van der Waals surface area contributed by atoms with Crippen LogP contribution in [0.15, 0.2) is 121 Å². The van der Waals surface area contributed by atoms with Gasteiger partial charge in [0.05, 0.1) is 0 Å². The van der Waals surface area contributed by atoms with Crippen LogP contribution in [0.5, 0.6) is 0 Å². The molecule has 0 atom stereocenters. The van der Waals surface area contributed by atoms with Crippen molar-refractivity contribution in [3.8, 4) is 0 Å². The smallest absolute Gasteiger partial charge is 0.183 e. The first-order chi connectivity index (χ1) is 17.1. The highest BCUT2D eigenvalue weighted by molar-refractivity contribution is 8.03. The number of thioether (sulfide) groups is 1. The topological polar surface area (TPSA) is 68.3 Å². The highest BCUT2D eigenvalue weighted by atomic mass is 32.2. The van der Waals surface area contributed by atoms with E-state index in [4.69, 9.17) is 0 Å². The van der Waals surface area contributed by atoms with Gasteiger partial charge in [0.25, 0.3) is 0 Å². The molecule has 172 valence electrons. The van der Waals surface area contributed by atoms with Crippen molar-refractivity contribution in [1.82, 2.24) is 0 Å². The fourth-order valence-electron chi connectivity index (χ4n) is 3.64. The second-order valence-corrected chi connectivity index (χ2v) is 9.03. The Morgan fingerprint density at radius 3 is 0.771 bits per heavy atom. The van der Waals surface area contributed by atoms with Crippen LogP contribution >= 0.6 is 11.8 Å². The standard InChI is InChI=1S/C30H22O4S/c31-25(21-13-5-1-6-14-21)29(26(32)22-15-7-2-8-16-22)35-30(27(33)23-17-9-3-10-18-23)28(34)24-19-11-4-12-20-24/h1-20,29-30H. The zero-order valence-electron chi connectivity index (χ0n) is 18.7. The molecule has 0 N–H and O–H groups in total. The van der Waals surface area contributed by atoms with Gasteiger partial charge in [0.2, 0.25) is 0 Å². The maximum absolute atomic E-state index is 13.5. The Balaban J connectivity index is 1.77. The SMILES string of the molecule is O=C(c1ccccc1)C(SC(C(=O)c1ccccc1)C(=O)c1ccccc1)C(=O)c1ccccc1. The Morgan fingerprint density at radius 1 is 0.371 bits per heavy atom. The van der Waals surface area contributed by atoms with Crippen LogP contribution in [0.25, 0.3) is 0 Å². The molecule has 35 heavy (non-hydrogen) atoms. The van der Waals surface area contributed by atoms with Crippen molar-refractivity contribution < 1.29 is 19.2 Å². The summed E-state index contributed by atoms with van der Waals surface area (Å²) < 4.78 is 0. The summed E-state index contributed by atoms with van der Waals surface area (Å²) in [5.74, 6) is -1.79. The molecular weight excluding hydrogens is 456 g/mol. The number of hydrogen-bond donors (Lipinski definition) is 0. The first-order valence-electron chi connectivity index (χ1n) is 11.1. The van der Waals surface area contributed by atoms with Crippen LogP contribution in [0.3, 0.4) is 0 Å². The Morgan fingerprint density at radius 2 is 0.571 bits per heavy atom. The van der Waals surface area contributed by atoms with Gasteiger partial charge in [-0.2, -0.15) is 0 Å². The van der Waals surface area contributed by atoms with Gasteiger partial charge in [0.15, 0.2) is 23.1 Å². The van der Waals surface area contributed by atoms with Crippen LogP contribution in [0, 0.1) is 0 Å². The first kappa shape index (κ1) is 24.0. The Hall–Kier alpha value is -4.09. The van der Waals surface area contributed by atoms with Gasteiger partial charge in [-0.25, -0.2) is 0 Å². The maximum atomic E-state index is 13.5. The molecule has 0 aromatic heterocycles. The van der Waals surface area contributed by atoms with E-state index in [2.05, 4.69) is 0 Å². The first-order valence-corrected chi connectivity index (χ1v) is 12.0. The average Bonchev–Trinajstić information content (AvgIpc) is 2.94. The third kappa shape index (κ3) is 5.70. The molecule has 0 spiro atoms. The minimum absolute atomic E-state index is 0.340. The van der Waals surface area contributed by atoms with E-state index in [0.717, 1.165) is 11.8 Å². The molecular formula is C30H22O4S. The Bertz CT molecular complexity index is 1110. The van der Waals surface area contributed by atoms with Crippen molar-refractivity contribution in [2.75, 3.05) is 0 Å². The van der Waals surface area contributed by atoms with Crippen LogP contribution in [0.2, 0.25) is 0 Å². The summed E-state index contributed by atoms with van der Waals surface area (Å²) >= 11 is 0.803. The molecule has 4 aromatic carbocycles. The summed E-state index contributed by atoms with van der Waals surface area (Å²) in [5, 5.41) is -2.55. The molecule has 4 nitrogen and oxygen atoms in total. The lowest BCUT2D eigenvalue weighted by Gasteiger charge is -2.21. The summed E-state index contributed by atoms with van der Waals surface area (Å²) in [5.41, 5.74) is 1.36. The highest BCUT2D eigenvalue weighted by Gasteiger charge is 2.38. The van der Waals surface area contributed by atoms with E-state index in [9.17, 15) is 19.2 Å². The van der Waals surface area contributed by atoms with Crippen LogP contribution < -0.4 is 0 Å². The second kappa shape index (κ2) is 11.4. The van der Waals surface area contributed by atoms with Gasteiger partial charge in [-0.1, -0.05) is 121 Å². The van der Waals surface area contributed by atoms with Crippen molar-refractivity contribution in [2.24, 2.45) is 0 Å². The molecule has 0 heterocycles. The van der Waals surface area contributed by atoms with Gasteiger partial charge in [-0.05, 0) is 0 Å². The van der Waals surface area contributed by atoms with Crippen LogP contribution in [-0.2, 0) is 0 Å². The highest BCUT2D eigenvalue weighted by Crippen LogP contribution is 2.30. The molecule has 4 aromatic rings. The quantitative estimate of drug-likeness (QED) is 0.207. The van der Waals surface area contributed by atoms with Gasteiger partial charge in [0, 0.05) is 22.3 Å². The second-order valence-electron chi connectivity index (χ2n) is 7.82. The predicted molar refractivity (Wildman–Crippen MR) is 138 cm³/mol. The van der Waals surface area contributed by atoms with Crippen LogP contribution in [0.1, 0.15) is 41.4 Å². The lowest BCUT2D eigenvalue weighted by molar-refractivity contribution is 0.0901. The van der Waals surface area contributed by atoms with Gasteiger partial charge >= 0.3 is 0 Å². The van der Waals surface area contributed by atoms with E-state index < -0.39 is 33.6 Å². The number of carbonyl (C=O) groups excluding carboxylic acids is 4. The monoisotopic (exact) mass is 478 g/mol. The fourth-order valence-corrected chi connectivity index (χ4v) is 4.95. The van der Waals surface area contributed by atoms with Crippen LogP contribution in [-0.4, -0.2) is 33.6 Å². The van der Waals surface area contributed by atoms with Crippen LogP contribution in [0.4, 0.5) is 0 Å². The fraction of sp³-hybridized carbons (Fsp3) is 0.0667. The molecule has 0 fully saturated rings. The molecule has 4 rings (SSSR count). The van der Waals surface area contributed by atoms with Gasteiger partial charge in [-0.15, -0.1) is 11.8 Å². The predicted octanol–water partition coefficient (Wildman–Crippen LogP) is 5.99. The molecule has 0 unspecified atom stereocenters. The number of hydrogen-bond acceptors (Lipinski definition) is 5. The Labute approximate surface area is 208 Å². The molecule has 0 aliphatic carbocycles. The van der Waals surface area contributed by atoms with E-state index in [0.29, 0.717) is 22.3 Å². The average molecular weight is 479 g/mol. The van der Waals surface area contributed by atoms with E-state index >= 15 is 0 Å². The molecule has 0 radical (unpaired) electrons. The third-order valence-electron chi connectivity index (χ3n) is 5.46. The molecule has 0 saturated carbocycles. The van der Waals surface area contributed by atoms with Crippen molar-refractivity contribution in [3.63, 3.8) is 0 Å². The number of carbonyl (C=O) groups is 4. The van der Waals surface area contributed by atoms with Crippen molar-refractivity contribution in [1.29, 1.82) is 0 Å². The lowest BCUT2D eigenvalue weighted by atomic mass is 10.0. The molecule has 0 saturated heterocycles. The molecule has 0 bridgehead atoms. The van der Waals surface area contributed by atoms with Crippen molar-refractivity contribution in [2.45, 2.75) is 10.5 Å². The minimum Gasteiger partial charge on any atom is -0.292 e. The summed E-state index contributed by atoms with van der Waals surface area (Å²) in [6.07, 6.45) is 0. The zero-order valence-corrected chi connectivity index (χ0v) is 19.6. The number of rotatable bonds is 10. The zero-order chi connectivity index (χ0) is 24.6. The molecule has 5 heteroatoms. The maximum Gasteiger partial charge on any atom is 0.183 e. The number of ketones is 4. The Kier molecular flexibility index (Phi) is 7.81. The van der Waals surface area contributed by atoms with Gasteiger partial charge in [0.1, 0.15) is 10.5 Å². The largest absolute Gasteiger partial charge is 0.292 e. The normalized spacial score (nSPS) is 10.8. The van der Waals surface area contributed by atoms with E-state index in [1.54, 1.807) is 121 Å². The summed E-state index contributed by atoms with van der Waals surface area (Å²) in [7, 11) is 0. The number of Topliss-reactive ketones (excluding diaryl/α,β-unsaturated/α-hetero) is 4. The molecule has 0 aliphatic rings. The molecule has 0 aliphatic heterocycles. The van der Waals surface area contributed by atoms with Crippen molar-refractivity contribution in [3.05, 3.63) is 144 Å². The van der Waals surface area contributed by atoms with E-state index in [1.165, 1.54) is 0 Å². The van der Waals surface area contributed by atoms with Gasteiger partial charge < -0.3 is 0 Å². The van der Waals surface area contributed by atoms with E-state index in [-0.39, 0.29) is 0 Å².